The molecule has 0 bridgehead atoms. The number of β-lactam (4-membered cyclic amide) rings is 1. The van der Waals surface area contributed by atoms with E-state index in [9.17, 15) is 18.6 Å². The summed E-state index contributed by atoms with van der Waals surface area (Å²) in [5.41, 5.74) is 1.56. The molecule has 0 spiro atoms. The van der Waals surface area contributed by atoms with Crippen molar-refractivity contribution in [3.63, 3.8) is 0 Å². The third kappa shape index (κ3) is 4.00. The summed E-state index contributed by atoms with van der Waals surface area (Å²) in [4.78, 5) is 38.8. The molecule has 2 saturated heterocycles. The normalized spacial score (nSPS) is 25.4. The monoisotopic (exact) mass is 457 g/mol. The lowest BCUT2D eigenvalue weighted by Gasteiger charge is -2.41. The van der Waals surface area contributed by atoms with Crippen LogP contribution in [0.1, 0.15) is 25.0 Å². The van der Waals surface area contributed by atoms with E-state index in [0.29, 0.717) is 0 Å². The molecule has 2 fully saturated rings. The van der Waals surface area contributed by atoms with Gasteiger partial charge in [0.1, 0.15) is 19.3 Å². The Kier molecular flexibility index (Phi) is 6.01. The van der Waals surface area contributed by atoms with Crippen LogP contribution in [0.3, 0.4) is 0 Å². The largest absolute Gasteiger partial charge is 0.509 e. The minimum absolute atomic E-state index is 0.0159. The van der Waals surface area contributed by atoms with Crippen molar-refractivity contribution in [2.24, 2.45) is 0 Å². The minimum Gasteiger partial charge on any atom is -0.459 e. The predicted molar refractivity (Wildman–Crippen MR) is 114 cm³/mol. The van der Waals surface area contributed by atoms with Crippen LogP contribution in [0.4, 0.5) is 4.79 Å². The van der Waals surface area contributed by atoms with Crippen LogP contribution in [0.25, 0.3) is 0 Å². The molecule has 0 aliphatic carbocycles. The molecular formula is C23H23NO7S. The number of esters is 1. The molecule has 9 heteroatoms. The van der Waals surface area contributed by atoms with Crippen molar-refractivity contribution in [1.29, 1.82) is 0 Å². The van der Waals surface area contributed by atoms with Gasteiger partial charge in [0, 0.05) is 0 Å². The number of hydrogen-bond acceptors (Lipinski definition) is 7. The smallest absolute Gasteiger partial charge is 0.459 e. The highest BCUT2D eigenvalue weighted by molar-refractivity contribution is 7.87. The van der Waals surface area contributed by atoms with Crippen LogP contribution in [0.15, 0.2) is 60.7 Å². The van der Waals surface area contributed by atoms with E-state index < -0.39 is 51.1 Å². The third-order valence-electron chi connectivity index (χ3n) is 5.58. The quantitative estimate of drug-likeness (QED) is 0.485. The fraction of sp³-hybridized carbons (Fsp3) is 0.348. The molecule has 0 aromatic heterocycles. The standard InChI is InChI=1S/C23H23NO7S/c1-23(2)18(21(26)29-13-15-9-5-3-6-10-15)24-19(25)17(20(24)32(23)28)31-22(27)30-14-16-11-7-4-8-12-16/h3-12,17-18,20H,13-14H2,1-2H3/t17-,18+,20-,32?/m1/s1. The summed E-state index contributed by atoms with van der Waals surface area (Å²) in [7, 11) is -1.66. The van der Waals surface area contributed by atoms with Crippen molar-refractivity contribution in [2.75, 3.05) is 0 Å². The average Bonchev–Trinajstić information content (AvgIpc) is 2.99. The molecule has 0 N–H and O–H groups in total. The number of hydrogen-bond donors (Lipinski definition) is 0. The molecule has 32 heavy (non-hydrogen) atoms. The van der Waals surface area contributed by atoms with Gasteiger partial charge in [0.15, 0.2) is 5.37 Å². The highest BCUT2D eigenvalue weighted by atomic mass is 32.2. The molecule has 0 radical (unpaired) electrons. The third-order valence-corrected chi connectivity index (χ3v) is 7.75. The highest BCUT2D eigenvalue weighted by Crippen LogP contribution is 2.45. The lowest BCUT2D eigenvalue weighted by atomic mass is 9.97. The van der Waals surface area contributed by atoms with Gasteiger partial charge in [-0.2, -0.15) is 0 Å². The highest BCUT2D eigenvalue weighted by Gasteiger charge is 2.69. The molecular weight excluding hydrogens is 434 g/mol. The molecule has 1 unspecified atom stereocenters. The topological polar surface area (TPSA) is 99.2 Å². The number of benzene rings is 2. The van der Waals surface area contributed by atoms with Gasteiger partial charge in [-0.1, -0.05) is 60.7 Å². The first-order valence-corrected chi connectivity index (χ1v) is 11.3. The number of ether oxygens (including phenoxy) is 3. The Morgan fingerprint density at radius 2 is 1.47 bits per heavy atom. The minimum atomic E-state index is -1.66. The number of rotatable bonds is 6. The maximum atomic E-state index is 13.1. The summed E-state index contributed by atoms with van der Waals surface area (Å²) in [5, 5.41) is -0.920. The van der Waals surface area contributed by atoms with E-state index in [-0.39, 0.29) is 13.2 Å². The molecule has 2 aliphatic heterocycles. The Morgan fingerprint density at radius 3 is 2.03 bits per heavy atom. The van der Waals surface area contributed by atoms with Crippen LogP contribution in [-0.4, -0.2) is 49.4 Å². The zero-order valence-corrected chi connectivity index (χ0v) is 18.4. The van der Waals surface area contributed by atoms with Crippen LogP contribution in [0.2, 0.25) is 0 Å². The van der Waals surface area contributed by atoms with Gasteiger partial charge >= 0.3 is 12.1 Å². The van der Waals surface area contributed by atoms with Crippen molar-refractivity contribution in [1.82, 2.24) is 4.90 Å². The Labute approximate surface area is 187 Å². The van der Waals surface area contributed by atoms with Gasteiger partial charge in [-0.25, -0.2) is 9.59 Å². The molecule has 2 aromatic rings. The average molecular weight is 458 g/mol. The summed E-state index contributed by atoms with van der Waals surface area (Å²) in [6.07, 6.45) is -2.29. The second kappa shape index (κ2) is 8.74. The van der Waals surface area contributed by atoms with E-state index in [2.05, 4.69) is 0 Å². The van der Waals surface area contributed by atoms with Crippen LogP contribution < -0.4 is 0 Å². The molecule has 2 aliphatic rings. The van der Waals surface area contributed by atoms with Crippen LogP contribution in [0.5, 0.6) is 0 Å². The summed E-state index contributed by atoms with van der Waals surface area (Å²) in [6.45, 7) is 3.29. The zero-order chi connectivity index (χ0) is 22.9. The summed E-state index contributed by atoms with van der Waals surface area (Å²) >= 11 is 0. The number of amides is 1. The van der Waals surface area contributed by atoms with Crippen molar-refractivity contribution in [2.45, 2.75) is 49.3 Å². The molecule has 1 amide bonds. The van der Waals surface area contributed by atoms with E-state index in [1.165, 1.54) is 4.90 Å². The van der Waals surface area contributed by atoms with Gasteiger partial charge < -0.3 is 19.1 Å². The van der Waals surface area contributed by atoms with Crippen molar-refractivity contribution < 1.29 is 32.8 Å². The van der Waals surface area contributed by atoms with Crippen LogP contribution in [0, 0.1) is 0 Å². The van der Waals surface area contributed by atoms with Gasteiger partial charge in [0.2, 0.25) is 6.10 Å². The van der Waals surface area contributed by atoms with Gasteiger partial charge in [-0.3, -0.25) is 9.00 Å². The summed E-state index contributed by atoms with van der Waals surface area (Å²) in [5.74, 6) is -1.24. The lowest BCUT2D eigenvalue weighted by Crippen LogP contribution is -2.67. The molecule has 2 aromatic carbocycles. The second-order valence-electron chi connectivity index (χ2n) is 8.10. The van der Waals surface area contributed by atoms with E-state index in [4.69, 9.17) is 14.2 Å². The Morgan fingerprint density at radius 1 is 0.938 bits per heavy atom. The fourth-order valence-electron chi connectivity index (χ4n) is 3.87. The molecule has 4 rings (SSSR count). The number of carbonyl (C=O) groups is 3. The molecule has 2 heterocycles. The SMILES string of the molecule is CC1(C)[C@H](C(=O)OCc2ccccc2)N2C(=O)[C@@H](OC(=O)OCc3ccccc3)[C@H]2S1=O. The van der Waals surface area contributed by atoms with Crippen molar-refractivity contribution in [3.8, 4) is 0 Å². The summed E-state index contributed by atoms with van der Waals surface area (Å²) in [6, 6.07) is 17.1. The van der Waals surface area contributed by atoms with E-state index >= 15 is 0 Å². The lowest BCUT2D eigenvalue weighted by molar-refractivity contribution is -0.174. The first-order chi connectivity index (χ1) is 15.3. The Hall–Kier alpha value is -3.20. The molecule has 168 valence electrons. The summed E-state index contributed by atoms with van der Waals surface area (Å²) < 4.78 is 27.6. The second-order valence-corrected chi connectivity index (χ2v) is 10.2. The number of fused-ring (bicyclic) bond motifs is 1. The van der Waals surface area contributed by atoms with Crippen molar-refractivity contribution in [3.05, 3.63) is 71.8 Å². The molecule has 4 atom stereocenters. The van der Waals surface area contributed by atoms with Gasteiger partial charge in [0.05, 0.1) is 15.5 Å². The van der Waals surface area contributed by atoms with Crippen LogP contribution in [-0.2, 0) is 47.8 Å². The van der Waals surface area contributed by atoms with E-state index in [1.54, 1.807) is 38.1 Å². The Balaban J connectivity index is 1.39. The maximum absolute atomic E-state index is 13.1. The molecule has 8 nitrogen and oxygen atoms in total. The maximum Gasteiger partial charge on any atom is 0.509 e. The van der Waals surface area contributed by atoms with E-state index in [0.717, 1.165) is 11.1 Å². The Bertz CT molecular complexity index is 1040. The van der Waals surface area contributed by atoms with Gasteiger partial charge in [0.25, 0.3) is 5.91 Å². The first-order valence-electron chi connectivity index (χ1n) is 10.1. The van der Waals surface area contributed by atoms with E-state index in [1.807, 2.05) is 36.4 Å². The molecule has 0 saturated carbocycles. The first kappa shape index (κ1) is 22.0. The van der Waals surface area contributed by atoms with Crippen LogP contribution >= 0.6 is 0 Å². The number of carbonyl (C=O) groups excluding carboxylic acids is 3. The van der Waals surface area contributed by atoms with Gasteiger partial charge in [-0.05, 0) is 25.0 Å². The van der Waals surface area contributed by atoms with Gasteiger partial charge in [-0.15, -0.1) is 0 Å². The predicted octanol–water partition coefficient (Wildman–Crippen LogP) is 2.53. The zero-order valence-electron chi connectivity index (χ0n) is 17.6. The fourth-order valence-corrected chi connectivity index (χ4v) is 5.75. The van der Waals surface area contributed by atoms with Crippen molar-refractivity contribution >= 4 is 28.8 Å². The number of nitrogens with zero attached hydrogens (tertiary/aromatic N) is 1.